The third-order valence-corrected chi connectivity index (χ3v) is 5.63. The maximum Gasteiger partial charge on any atom is 0.191 e. The minimum absolute atomic E-state index is 0.140. The summed E-state index contributed by atoms with van der Waals surface area (Å²) >= 11 is 6.26. The Morgan fingerprint density at radius 2 is 2.11 bits per heavy atom. The molecule has 1 aromatic carbocycles. The van der Waals surface area contributed by atoms with Crippen LogP contribution < -0.4 is 10.6 Å². The van der Waals surface area contributed by atoms with Crippen molar-refractivity contribution in [1.82, 2.24) is 15.5 Å². The van der Waals surface area contributed by atoms with Crippen LogP contribution in [0.4, 0.5) is 0 Å². The lowest BCUT2D eigenvalue weighted by Gasteiger charge is -2.35. The second-order valence-electron chi connectivity index (χ2n) is 7.70. The van der Waals surface area contributed by atoms with E-state index in [4.69, 9.17) is 26.1 Å². The molecule has 0 aromatic heterocycles. The van der Waals surface area contributed by atoms with E-state index in [0.29, 0.717) is 6.54 Å². The van der Waals surface area contributed by atoms with Gasteiger partial charge in [-0.1, -0.05) is 23.7 Å². The summed E-state index contributed by atoms with van der Waals surface area (Å²) in [5, 5.41) is 7.66. The van der Waals surface area contributed by atoms with Gasteiger partial charge in [-0.15, -0.1) is 0 Å². The summed E-state index contributed by atoms with van der Waals surface area (Å²) in [6.45, 7) is 10.7. The number of halogens is 1. The zero-order chi connectivity index (χ0) is 19.8. The van der Waals surface area contributed by atoms with Crippen LogP contribution in [0.25, 0.3) is 0 Å². The number of guanidine groups is 1. The monoisotopic (exact) mass is 408 g/mol. The van der Waals surface area contributed by atoms with Crippen molar-refractivity contribution in [2.75, 3.05) is 52.5 Å². The van der Waals surface area contributed by atoms with Crippen LogP contribution in [0.2, 0.25) is 5.02 Å². The number of morpholine rings is 1. The highest BCUT2D eigenvalue weighted by atomic mass is 35.5. The number of nitrogens with zero attached hydrogens (tertiary/aromatic N) is 2. The molecule has 3 rings (SSSR count). The van der Waals surface area contributed by atoms with Crippen molar-refractivity contribution in [3.05, 3.63) is 34.9 Å². The molecule has 2 aliphatic heterocycles. The van der Waals surface area contributed by atoms with Crippen LogP contribution in [-0.4, -0.2) is 69.0 Å². The average molecular weight is 409 g/mol. The van der Waals surface area contributed by atoms with E-state index < -0.39 is 0 Å². The summed E-state index contributed by atoms with van der Waals surface area (Å²) in [5.41, 5.74) is 1.07. The smallest absolute Gasteiger partial charge is 0.191 e. The Kier molecular flexibility index (Phi) is 7.97. The van der Waals surface area contributed by atoms with Gasteiger partial charge in [0.05, 0.1) is 31.4 Å². The van der Waals surface area contributed by atoms with Crippen molar-refractivity contribution in [3.63, 3.8) is 0 Å². The molecule has 2 saturated heterocycles. The lowest BCUT2D eigenvalue weighted by atomic mass is 10.0. The van der Waals surface area contributed by atoms with Gasteiger partial charge in [0.25, 0.3) is 0 Å². The molecular formula is C21H33ClN4O2. The molecule has 6 nitrogen and oxygen atoms in total. The molecule has 0 spiro atoms. The van der Waals surface area contributed by atoms with Crippen molar-refractivity contribution in [3.8, 4) is 0 Å². The standard InChI is InChI=1S/C21H33ClN4O2/c1-3-23-20(25-16-21(2)8-5-11-28-21)24-15-19(26-9-12-27-13-10-26)17-6-4-7-18(22)14-17/h4,6-7,14,19H,3,5,8-13,15-16H2,1-2H3,(H2,23,24,25). The fourth-order valence-electron chi connectivity index (χ4n) is 3.80. The van der Waals surface area contributed by atoms with Crippen molar-refractivity contribution < 1.29 is 9.47 Å². The Bertz CT molecular complexity index is 643. The van der Waals surface area contributed by atoms with Gasteiger partial charge in [-0.25, -0.2) is 0 Å². The third-order valence-electron chi connectivity index (χ3n) is 5.40. The molecule has 1 aromatic rings. The summed E-state index contributed by atoms with van der Waals surface area (Å²) < 4.78 is 11.4. The van der Waals surface area contributed by atoms with E-state index in [-0.39, 0.29) is 11.6 Å². The molecule has 0 amide bonds. The van der Waals surface area contributed by atoms with Crippen LogP contribution in [0, 0.1) is 0 Å². The topological polar surface area (TPSA) is 58.1 Å². The number of aliphatic imine (C=N–C) groups is 1. The first-order valence-corrected chi connectivity index (χ1v) is 10.7. The molecule has 28 heavy (non-hydrogen) atoms. The van der Waals surface area contributed by atoms with Crippen molar-refractivity contribution in [2.24, 2.45) is 4.99 Å². The normalized spacial score (nSPS) is 24.9. The molecule has 156 valence electrons. The first kappa shape index (κ1) is 21.4. The second-order valence-corrected chi connectivity index (χ2v) is 8.13. The van der Waals surface area contributed by atoms with Gasteiger partial charge in [-0.2, -0.15) is 0 Å². The van der Waals surface area contributed by atoms with E-state index in [1.54, 1.807) is 0 Å². The molecule has 2 aliphatic rings. The lowest BCUT2D eigenvalue weighted by Crippen LogP contribution is -2.46. The van der Waals surface area contributed by atoms with E-state index in [1.165, 1.54) is 5.56 Å². The number of nitrogens with one attached hydrogen (secondary N) is 2. The molecule has 2 unspecified atom stereocenters. The summed E-state index contributed by atoms with van der Waals surface area (Å²) in [7, 11) is 0. The van der Waals surface area contributed by atoms with Gasteiger partial charge < -0.3 is 20.1 Å². The lowest BCUT2D eigenvalue weighted by molar-refractivity contribution is 0.0169. The van der Waals surface area contributed by atoms with E-state index >= 15 is 0 Å². The zero-order valence-electron chi connectivity index (χ0n) is 17.0. The molecular weight excluding hydrogens is 376 g/mol. The number of hydrogen-bond acceptors (Lipinski definition) is 4. The zero-order valence-corrected chi connectivity index (χ0v) is 17.8. The van der Waals surface area contributed by atoms with Crippen LogP contribution in [0.1, 0.15) is 38.3 Å². The van der Waals surface area contributed by atoms with Crippen molar-refractivity contribution >= 4 is 17.6 Å². The Balaban J connectivity index is 1.69. The van der Waals surface area contributed by atoms with E-state index in [0.717, 1.165) is 69.8 Å². The van der Waals surface area contributed by atoms with E-state index in [9.17, 15) is 0 Å². The molecule has 2 N–H and O–H groups in total. The quantitative estimate of drug-likeness (QED) is 0.536. The van der Waals surface area contributed by atoms with Gasteiger partial charge in [-0.3, -0.25) is 9.89 Å². The van der Waals surface area contributed by atoms with Crippen LogP contribution in [0.15, 0.2) is 29.3 Å². The molecule has 7 heteroatoms. The largest absolute Gasteiger partial charge is 0.379 e. The first-order valence-electron chi connectivity index (χ1n) is 10.3. The van der Waals surface area contributed by atoms with Gasteiger partial charge in [-0.05, 0) is 44.4 Å². The maximum atomic E-state index is 6.26. The molecule has 2 atom stereocenters. The number of hydrogen-bond donors (Lipinski definition) is 2. The third kappa shape index (κ3) is 6.08. The van der Waals surface area contributed by atoms with Gasteiger partial charge in [0.15, 0.2) is 5.96 Å². The summed E-state index contributed by atoms with van der Waals surface area (Å²) in [4.78, 5) is 7.25. The van der Waals surface area contributed by atoms with Gasteiger partial charge in [0.1, 0.15) is 0 Å². The van der Waals surface area contributed by atoms with Crippen LogP contribution in [0.3, 0.4) is 0 Å². The molecule has 0 bridgehead atoms. The molecule has 0 saturated carbocycles. The number of rotatable bonds is 7. The van der Waals surface area contributed by atoms with Gasteiger partial charge in [0, 0.05) is 37.8 Å². The second kappa shape index (κ2) is 10.4. The Labute approximate surface area is 173 Å². The van der Waals surface area contributed by atoms with Crippen molar-refractivity contribution in [2.45, 2.75) is 38.3 Å². The minimum Gasteiger partial charge on any atom is -0.379 e. The SMILES string of the molecule is CCNC(=NCC1(C)CCCO1)NCC(c1cccc(Cl)c1)N1CCOCC1. The molecule has 2 heterocycles. The Morgan fingerprint density at radius 3 is 2.79 bits per heavy atom. The molecule has 2 fully saturated rings. The minimum atomic E-state index is -0.140. The number of ether oxygens (including phenoxy) is 2. The predicted octanol–water partition coefficient (Wildman–Crippen LogP) is 2.84. The van der Waals surface area contributed by atoms with Gasteiger partial charge >= 0.3 is 0 Å². The van der Waals surface area contributed by atoms with Gasteiger partial charge in [0.2, 0.25) is 0 Å². The molecule has 0 aliphatic carbocycles. The number of benzene rings is 1. The maximum absolute atomic E-state index is 6.26. The van der Waals surface area contributed by atoms with Crippen molar-refractivity contribution in [1.29, 1.82) is 0 Å². The van der Waals surface area contributed by atoms with Crippen LogP contribution >= 0.6 is 11.6 Å². The average Bonchev–Trinajstić information content (AvgIpc) is 3.14. The highest BCUT2D eigenvalue weighted by Crippen LogP contribution is 2.26. The fourth-order valence-corrected chi connectivity index (χ4v) is 4.00. The van der Waals surface area contributed by atoms with Crippen LogP contribution in [0.5, 0.6) is 0 Å². The fraction of sp³-hybridized carbons (Fsp3) is 0.667. The summed E-state index contributed by atoms with van der Waals surface area (Å²) in [6, 6.07) is 8.35. The summed E-state index contributed by atoms with van der Waals surface area (Å²) in [5.74, 6) is 0.833. The highest BCUT2D eigenvalue weighted by molar-refractivity contribution is 6.30. The summed E-state index contributed by atoms with van der Waals surface area (Å²) in [6.07, 6.45) is 2.18. The van der Waals surface area contributed by atoms with E-state index in [1.807, 2.05) is 12.1 Å². The predicted molar refractivity (Wildman–Crippen MR) is 114 cm³/mol. The Morgan fingerprint density at radius 1 is 1.29 bits per heavy atom. The highest BCUT2D eigenvalue weighted by Gasteiger charge is 2.29. The Hall–Kier alpha value is -1.34. The molecule has 0 radical (unpaired) electrons. The first-order chi connectivity index (χ1) is 13.6. The van der Waals surface area contributed by atoms with Crippen LogP contribution in [-0.2, 0) is 9.47 Å². The van der Waals surface area contributed by atoms with E-state index in [2.05, 4.69) is 41.5 Å².